The molecule has 1 aromatic carbocycles. The van der Waals surface area contributed by atoms with E-state index in [1.54, 1.807) is 24.3 Å². The molecule has 26 heavy (non-hydrogen) atoms. The van der Waals surface area contributed by atoms with Gasteiger partial charge in [0.25, 0.3) is 5.91 Å². The molecule has 0 radical (unpaired) electrons. The van der Waals surface area contributed by atoms with Crippen molar-refractivity contribution >= 4 is 35.0 Å². The molecule has 1 heterocycles. The maximum absolute atomic E-state index is 13.1. The van der Waals surface area contributed by atoms with Gasteiger partial charge in [0.2, 0.25) is 5.91 Å². The second kappa shape index (κ2) is 8.05. The number of carbonyl (C=O) groups excluding carboxylic acids is 2. The second-order valence-corrected chi connectivity index (χ2v) is 7.93. The molecule has 0 unspecified atom stereocenters. The largest absolute Gasteiger partial charge is 0.477 e. The highest BCUT2D eigenvalue weighted by atomic mass is 35.5. The van der Waals surface area contributed by atoms with Crippen molar-refractivity contribution in [1.29, 1.82) is 0 Å². The average molecular weight is 399 g/mol. The molecular formula is C19H24Cl2N2O3. The summed E-state index contributed by atoms with van der Waals surface area (Å²) >= 11 is 11.4. The molecule has 7 heteroatoms. The number of nitrogens with zero attached hydrogens (tertiary/aromatic N) is 1. The molecule has 2 aliphatic rings. The molecule has 142 valence electrons. The zero-order valence-corrected chi connectivity index (χ0v) is 16.4. The second-order valence-electron chi connectivity index (χ2n) is 7.22. The van der Waals surface area contributed by atoms with Gasteiger partial charge < -0.3 is 15.0 Å². The molecule has 1 aliphatic carbocycles. The molecule has 2 amide bonds. The first kappa shape index (κ1) is 19.3. The van der Waals surface area contributed by atoms with Crippen LogP contribution in [0.15, 0.2) is 24.3 Å². The number of amides is 2. The molecule has 1 aliphatic heterocycles. The van der Waals surface area contributed by atoms with Gasteiger partial charge in [-0.25, -0.2) is 0 Å². The van der Waals surface area contributed by atoms with Gasteiger partial charge in [-0.15, -0.1) is 11.6 Å². The summed E-state index contributed by atoms with van der Waals surface area (Å²) in [6.45, 7) is 4.05. The Morgan fingerprint density at radius 1 is 1.27 bits per heavy atom. The Morgan fingerprint density at radius 2 is 1.88 bits per heavy atom. The molecule has 2 atom stereocenters. The fourth-order valence-electron chi connectivity index (χ4n) is 3.51. The lowest BCUT2D eigenvalue weighted by Gasteiger charge is -2.34. The third-order valence-electron chi connectivity index (χ3n) is 5.33. The van der Waals surface area contributed by atoms with Gasteiger partial charge in [-0.05, 0) is 43.0 Å². The van der Waals surface area contributed by atoms with E-state index in [0.29, 0.717) is 36.3 Å². The first-order chi connectivity index (χ1) is 12.4. The smallest absolute Gasteiger partial charge is 0.267 e. The highest BCUT2D eigenvalue weighted by Crippen LogP contribution is 2.48. The lowest BCUT2D eigenvalue weighted by molar-refractivity contribution is -0.143. The van der Waals surface area contributed by atoms with Crippen LogP contribution in [0.3, 0.4) is 0 Å². The number of hydrogen-bond donors (Lipinski definition) is 1. The first-order valence-corrected chi connectivity index (χ1v) is 9.92. The van der Waals surface area contributed by atoms with Crippen molar-refractivity contribution in [2.45, 2.75) is 31.8 Å². The third kappa shape index (κ3) is 4.26. The third-order valence-corrected chi connectivity index (χ3v) is 5.83. The molecule has 1 N–H and O–H groups in total. The van der Waals surface area contributed by atoms with Crippen LogP contribution in [0.5, 0.6) is 5.75 Å². The van der Waals surface area contributed by atoms with Gasteiger partial charge in [0.1, 0.15) is 11.6 Å². The predicted molar refractivity (Wildman–Crippen MR) is 102 cm³/mol. The van der Waals surface area contributed by atoms with E-state index in [4.69, 9.17) is 27.9 Å². The van der Waals surface area contributed by atoms with Crippen LogP contribution in [-0.4, -0.2) is 47.8 Å². The summed E-state index contributed by atoms with van der Waals surface area (Å²) in [6, 6.07) is 7.13. The summed E-state index contributed by atoms with van der Waals surface area (Å²) in [7, 11) is 0. The molecule has 1 saturated carbocycles. The van der Waals surface area contributed by atoms with E-state index >= 15 is 0 Å². The SMILES string of the molecule is C[C@@H]1C[C@@]1(Oc1ccc(Cl)cc1)C(=O)N1CCC(CNC(=O)CCl)CC1. The van der Waals surface area contributed by atoms with Gasteiger partial charge in [-0.2, -0.15) is 0 Å². The molecule has 2 fully saturated rings. The first-order valence-electron chi connectivity index (χ1n) is 9.01. The number of benzene rings is 1. The number of carbonyl (C=O) groups is 2. The summed E-state index contributed by atoms with van der Waals surface area (Å²) < 4.78 is 6.09. The maximum atomic E-state index is 13.1. The number of piperidine rings is 1. The van der Waals surface area contributed by atoms with Crippen LogP contribution in [0.4, 0.5) is 0 Å². The standard InChI is InChI=1S/C19H24Cl2N2O3/c1-13-10-19(13,26-16-4-2-15(21)3-5-16)18(25)23-8-6-14(7-9-23)12-22-17(24)11-20/h2-5,13-14H,6-12H2,1H3,(H,22,24)/t13-,19+/m1/s1. The summed E-state index contributed by atoms with van der Waals surface area (Å²) in [5, 5.41) is 3.47. The van der Waals surface area contributed by atoms with Crippen molar-refractivity contribution in [3.8, 4) is 5.75 Å². The fraction of sp³-hybridized carbons (Fsp3) is 0.579. The summed E-state index contributed by atoms with van der Waals surface area (Å²) in [5.41, 5.74) is -0.743. The Hall–Kier alpha value is -1.46. The predicted octanol–water partition coefficient (Wildman–Crippen LogP) is 3.09. The molecule has 1 aromatic rings. The fourth-order valence-corrected chi connectivity index (χ4v) is 3.73. The lowest BCUT2D eigenvalue weighted by atomic mass is 9.96. The topological polar surface area (TPSA) is 58.6 Å². The van der Waals surface area contributed by atoms with Crippen molar-refractivity contribution in [2.75, 3.05) is 25.5 Å². The quantitative estimate of drug-likeness (QED) is 0.748. The number of likely N-dealkylation sites (tertiary alicyclic amines) is 1. The van der Waals surface area contributed by atoms with E-state index in [-0.39, 0.29) is 23.6 Å². The Labute approximate surface area is 164 Å². The minimum Gasteiger partial charge on any atom is -0.477 e. The van der Waals surface area contributed by atoms with Crippen molar-refractivity contribution in [2.24, 2.45) is 11.8 Å². The Morgan fingerprint density at radius 3 is 2.42 bits per heavy atom. The molecular weight excluding hydrogens is 375 g/mol. The number of rotatable bonds is 6. The van der Waals surface area contributed by atoms with Gasteiger partial charge in [0.05, 0.1) is 0 Å². The van der Waals surface area contributed by atoms with Crippen molar-refractivity contribution in [3.05, 3.63) is 29.3 Å². The van der Waals surface area contributed by atoms with Crippen molar-refractivity contribution in [1.82, 2.24) is 10.2 Å². The van der Waals surface area contributed by atoms with Crippen LogP contribution in [0, 0.1) is 11.8 Å². The van der Waals surface area contributed by atoms with Gasteiger partial charge in [0.15, 0.2) is 5.60 Å². The summed E-state index contributed by atoms with van der Waals surface area (Å²) in [5.74, 6) is 1.17. The Bertz CT molecular complexity index is 659. The number of hydrogen-bond acceptors (Lipinski definition) is 3. The summed E-state index contributed by atoms with van der Waals surface area (Å²) in [6.07, 6.45) is 2.49. The normalized spacial score (nSPS) is 25.7. The van der Waals surface area contributed by atoms with Crippen LogP contribution in [0.1, 0.15) is 26.2 Å². The molecule has 0 bridgehead atoms. The van der Waals surface area contributed by atoms with Gasteiger partial charge in [-0.1, -0.05) is 18.5 Å². The van der Waals surface area contributed by atoms with E-state index < -0.39 is 5.60 Å². The summed E-state index contributed by atoms with van der Waals surface area (Å²) in [4.78, 5) is 26.2. The van der Waals surface area contributed by atoms with E-state index in [2.05, 4.69) is 5.32 Å². The van der Waals surface area contributed by atoms with Crippen LogP contribution >= 0.6 is 23.2 Å². The molecule has 5 nitrogen and oxygen atoms in total. The van der Waals surface area contributed by atoms with Crippen LogP contribution in [0.2, 0.25) is 5.02 Å². The van der Waals surface area contributed by atoms with Gasteiger partial charge in [-0.3, -0.25) is 9.59 Å². The molecule has 3 rings (SSSR count). The highest BCUT2D eigenvalue weighted by Gasteiger charge is 2.61. The van der Waals surface area contributed by atoms with E-state index in [1.165, 1.54) is 0 Å². The minimum absolute atomic E-state index is 0.0141. The van der Waals surface area contributed by atoms with Crippen LogP contribution in [-0.2, 0) is 9.59 Å². The minimum atomic E-state index is -0.743. The molecule has 0 spiro atoms. The Kier molecular flexibility index (Phi) is 5.98. The van der Waals surface area contributed by atoms with Gasteiger partial charge >= 0.3 is 0 Å². The van der Waals surface area contributed by atoms with Gasteiger partial charge in [0, 0.05) is 37.0 Å². The monoisotopic (exact) mass is 398 g/mol. The van der Waals surface area contributed by atoms with Crippen LogP contribution in [0.25, 0.3) is 0 Å². The Balaban J connectivity index is 1.55. The zero-order chi connectivity index (χ0) is 18.7. The number of halogens is 2. The highest BCUT2D eigenvalue weighted by molar-refractivity contribution is 6.30. The molecule has 1 saturated heterocycles. The maximum Gasteiger partial charge on any atom is 0.267 e. The number of alkyl halides is 1. The van der Waals surface area contributed by atoms with Crippen molar-refractivity contribution in [3.63, 3.8) is 0 Å². The molecule has 0 aromatic heterocycles. The van der Waals surface area contributed by atoms with Crippen LogP contribution < -0.4 is 10.1 Å². The van der Waals surface area contributed by atoms with E-state index in [0.717, 1.165) is 19.3 Å². The van der Waals surface area contributed by atoms with Crippen molar-refractivity contribution < 1.29 is 14.3 Å². The zero-order valence-electron chi connectivity index (χ0n) is 14.8. The average Bonchev–Trinajstić information content (AvgIpc) is 3.31. The van der Waals surface area contributed by atoms with E-state index in [1.807, 2.05) is 11.8 Å². The number of ether oxygens (including phenoxy) is 1. The number of nitrogens with one attached hydrogen (secondary N) is 1. The lowest BCUT2D eigenvalue weighted by Crippen LogP contribution is -2.49. The van der Waals surface area contributed by atoms with E-state index in [9.17, 15) is 9.59 Å².